The fraction of sp³-hybridized carbons (Fsp3) is 0.235. The first kappa shape index (κ1) is 17.8. The molecule has 28 heavy (non-hydrogen) atoms. The second-order valence-corrected chi connectivity index (χ2v) is 6.22. The number of nitrogen functional groups attached to an aromatic ring is 1. The molecule has 1 aliphatic heterocycles. The lowest BCUT2D eigenvalue weighted by Crippen LogP contribution is -2.49. The fourth-order valence-corrected chi connectivity index (χ4v) is 3.16. The third-order valence-electron chi connectivity index (χ3n) is 4.51. The first-order valence-corrected chi connectivity index (χ1v) is 8.32. The molecule has 0 spiro atoms. The molecule has 0 aliphatic carbocycles. The van der Waals surface area contributed by atoms with Crippen LogP contribution in [0.1, 0.15) is 16.6 Å². The Balaban J connectivity index is 1.65. The van der Waals surface area contributed by atoms with Crippen molar-refractivity contribution in [1.82, 2.24) is 24.8 Å². The molecule has 11 nitrogen and oxygen atoms in total. The summed E-state index contributed by atoms with van der Waals surface area (Å²) in [5.41, 5.74) is 6.65. The van der Waals surface area contributed by atoms with Gasteiger partial charge in [0, 0.05) is 5.56 Å². The Morgan fingerprint density at radius 2 is 1.93 bits per heavy atom. The molecular formula is C17H16N6O5. The summed E-state index contributed by atoms with van der Waals surface area (Å²) in [6.07, 6.45) is -1.43. The molecule has 1 aromatic carbocycles. The van der Waals surface area contributed by atoms with Gasteiger partial charge >= 0.3 is 5.97 Å². The van der Waals surface area contributed by atoms with Crippen molar-refractivity contribution in [2.24, 2.45) is 0 Å². The summed E-state index contributed by atoms with van der Waals surface area (Å²) in [6.45, 7) is 0. The molecule has 0 saturated carbocycles. The van der Waals surface area contributed by atoms with Crippen LogP contribution in [-0.4, -0.2) is 59.9 Å². The number of benzene rings is 1. The Morgan fingerprint density at radius 1 is 1.18 bits per heavy atom. The number of amides is 1. The van der Waals surface area contributed by atoms with E-state index in [-0.39, 0.29) is 11.5 Å². The summed E-state index contributed by atoms with van der Waals surface area (Å²) in [5, 5.41) is 22.8. The van der Waals surface area contributed by atoms with Crippen LogP contribution in [0.25, 0.3) is 11.2 Å². The largest absolute Gasteiger partial charge is 0.479 e. The lowest BCUT2D eigenvalue weighted by atomic mass is 10.1. The number of ether oxygens (including phenoxy) is 1. The molecule has 4 unspecified atom stereocenters. The molecule has 0 radical (unpaired) electrons. The van der Waals surface area contributed by atoms with Crippen molar-refractivity contribution >= 4 is 28.9 Å². The number of nitrogens with zero attached hydrogens (tertiary/aromatic N) is 4. The number of hydrogen-bond donors (Lipinski definition) is 4. The molecule has 2 aromatic heterocycles. The van der Waals surface area contributed by atoms with Crippen molar-refractivity contribution in [1.29, 1.82) is 0 Å². The molecule has 3 aromatic rings. The normalized spacial score (nSPS) is 24.3. The summed E-state index contributed by atoms with van der Waals surface area (Å²) in [6, 6.07) is 7.07. The molecule has 5 N–H and O–H groups in total. The van der Waals surface area contributed by atoms with Crippen LogP contribution >= 0.6 is 0 Å². The van der Waals surface area contributed by atoms with Crippen LogP contribution in [0, 0.1) is 0 Å². The number of aliphatic hydroxyl groups is 1. The molecule has 4 rings (SSSR count). The highest BCUT2D eigenvalue weighted by atomic mass is 16.6. The number of aliphatic hydroxyl groups excluding tert-OH is 1. The van der Waals surface area contributed by atoms with Crippen molar-refractivity contribution < 1.29 is 24.5 Å². The number of carbonyl (C=O) groups is 2. The van der Waals surface area contributed by atoms with Crippen molar-refractivity contribution in [3.63, 3.8) is 0 Å². The van der Waals surface area contributed by atoms with E-state index in [4.69, 9.17) is 10.5 Å². The summed E-state index contributed by atoms with van der Waals surface area (Å²) in [7, 11) is 0. The fourth-order valence-electron chi connectivity index (χ4n) is 3.16. The highest BCUT2D eigenvalue weighted by Gasteiger charge is 2.49. The molecule has 1 fully saturated rings. The zero-order chi connectivity index (χ0) is 19.8. The Bertz CT molecular complexity index is 1040. The van der Waals surface area contributed by atoms with Gasteiger partial charge in [0.1, 0.15) is 17.9 Å². The van der Waals surface area contributed by atoms with Gasteiger partial charge < -0.3 is 26.0 Å². The monoisotopic (exact) mass is 384 g/mol. The van der Waals surface area contributed by atoms with E-state index in [1.807, 2.05) is 0 Å². The Labute approximate surface area is 157 Å². The number of nitrogens with one attached hydrogen (secondary N) is 1. The van der Waals surface area contributed by atoms with Gasteiger partial charge in [0.25, 0.3) is 5.91 Å². The number of hydrogen-bond acceptors (Lipinski definition) is 8. The number of rotatable bonds is 4. The van der Waals surface area contributed by atoms with Crippen molar-refractivity contribution in [2.75, 3.05) is 5.73 Å². The van der Waals surface area contributed by atoms with Crippen LogP contribution in [0.5, 0.6) is 0 Å². The minimum atomic E-state index is -1.47. The Morgan fingerprint density at radius 3 is 2.64 bits per heavy atom. The molecule has 1 aliphatic rings. The predicted molar refractivity (Wildman–Crippen MR) is 95.0 cm³/mol. The summed E-state index contributed by atoms with van der Waals surface area (Å²) in [4.78, 5) is 36.1. The van der Waals surface area contributed by atoms with Crippen molar-refractivity contribution in [2.45, 2.75) is 24.5 Å². The van der Waals surface area contributed by atoms with Gasteiger partial charge in [-0.2, -0.15) is 0 Å². The molecular weight excluding hydrogens is 368 g/mol. The minimum Gasteiger partial charge on any atom is -0.479 e. The van der Waals surface area contributed by atoms with Crippen molar-refractivity contribution in [3.8, 4) is 0 Å². The SMILES string of the molecule is Nc1ncnc2c1ncn2C1OC(C(=O)O)C(NC(=O)c2ccccc2)C1O. The number of aliphatic carboxylic acids is 1. The van der Waals surface area contributed by atoms with Gasteiger partial charge in [0.05, 0.1) is 12.4 Å². The molecule has 3 heterocycles. The van der Waals surface area contributed by atoms with E-state index in [9.17, 15) is 19.8 Å². The highest BCUT2D eigenvalue weighted by molar-refractivity contribution is 5.94. The maximum absolute atomic E-state index is 12.4. The second-order valence-electron chi connectivity index (χ2n) is 6.22. The lowest BCUT2D eigenvalue weighted by molar-refractivity contribution is -0.152. The number of carboxylic acid groups (broad SMARTS) is 1. The zero-order valence-corrected chi connectivity index (χ0v) is 14.3. The van der Waals surface area contributed by atoms with Crippen molar-refractivity contribution in [3.05, 3.63) is 48.5 Å². The Hall–Kier alpha value is -3.57. The smallest absolute Gasteiger partial charge is 0.335 e. The highest BCUT2D eigenvalue weighted by Crippen LogP contribution is 2.32. The summed E-state index contributed by atoms with van der Waals surface area (Å²) >= 11 is 0. The van der Waals surface area contributed by atoms with Gasteiger partial charge in [-0.05, 0) is 12.1 Å². The summed E-state index contributed by atoms with van der Waals surface area (Å²) < 4.78 is 6.90. The molecule has 1 saturated heterocycles. The molecule has 11 heteroatoms. The Kier molecular flexibility index (Phi) is 4.37. The zero-order valence-electron chi connectivity index (χ0n) is 14.3. The number of nitrogens with two attached hydrogens (primary N) is 1. The van der Waals surface area contributed by atoms with Crippen LogP contribution < -0.4 is 11.1 Å². The van der Waals surface area contributed by atoms with Gasteiger partial charge in [0.15, 0.2) is 23.8 Å². The molecule has 0 bridgehead atoms. The third-order valence-corrected chi connectivity index (χ3v) is 4.51. The average Bonchev–Trinajstić information content (AvgIpc) is 3.25. The van der Waals surface area contributed by atoms with Gasteiger partial charge in [0.2, 0.25) is 0 Å². The molecule has 4 atom stereocenters. The van der Waals surface area contributed by atoms with E-state index in [1.54, 1.807) is 30.3 Å². The number of aromatic nitrogens is 4. The van der Waals surface area contributed by atoms with E-state index in [2.05, 4.69) is 20.3 Å². The van der Waals surface area contributed by atoms with Crippen LogP contribution in [0.4, 0.5) is 5.82 Å². The first-order valence-electron chi connectivity index (χ1n) is 8.32. The van der Waals surface area contributed by atoms with E-state index >= 15 is 0 Å². The number of carbonyl (C=O) groups excluding carboxylic acids is 1. The molecule has 144 valence electrons. The van der Waals surface area contributed by atoms with Crippen LogP contribution in [0.2, 0.25) is 0 Å². The van der Waals surface area contributed by atoms with Crippen LogP contribution in [-0.2, 0) is 9.53 Å². The van der Waals surface area contributed by atoms with Gasteiger partial charge in [-0.25, -0.2) is 19.7 Å². The minimum absolute atomic E-state index is 0.139. The third kappa shape index (κ3) is 2.92. The number of anilines is 1. The van der Waals surface area contributed by atoms with E-state index in [0.29, 0.717) is 11.1 Å². The maximum Gasteiger partial charge on any atom is 0.335 e. The van der Waals surface area contributed by atoms with Crippen LogP contribution in [0.15, 0.2) is 43.0 Å². The first-order chi connectivity index (χ1) is 13.5. The standard InChI is InChI=1S/C17H16N6O5/c18-13-10-14(20-6-19-13)23(7-21-10)16-11(24)9(12(28-16)17(26)27)22-15(25)8-4-2-1-3-5-8/h1-7,9,11-12,16,24H,(H,22,25)(H,26,27)(H2,18,19,20). The van der Waals surface area contributed by atoms with E-state index < -0.39 is 36.4 Å². The van der Waals surface area contributed by atoms with Gasteiger partial charge in [-0.3, -0.25) is 9.36 Å². The quantitative estimate of drug-likeness (QED) is 0.466. The maximum atomic E-state index is 12.4. The van der Waals surface area contributed by atoms with E-state index in [0.717, 1.165) is 0 Å². The molecule has 1 amide bonds. The number of imidazole rings is 1. The van der Waals surface area contributed by atoms with E-state index in [1.165, 1.54) is 17.2 Å². The number of carboxylic acids is 1. The van der Waals surface area contributed by atoms with Gasteiger partial charge in [-0.1, -0.05) is 18.2 Å². The lowest BCUT2D eigenvalue weighted by Gasteiger charge is -2.20. The summed E-state index contributed by atoms with van der Waals surface area (Å²) in [5.74, 6) is -1.71. The second kappa shape index (κ2) is 6.87. The predicted octanol–water partition coefficient (Wildman–Crippen LogP) is -0.450. The van der Waals surface area contributed by atoms with Gasteiger partial charge in [-0.15, -0.1) is 0 Å². The number of fused-ring (bicyclic) bond motifs is 1. The topological polar surface area (TPSA) is 165 Å². The average molecular weight is 384 g/mol. The van der Waals surface area contributed by atoms with Crippen LogP contribution in [0.3, 0.4) is 0 Å².